The van der Waals surface area contributed by atoms with Crippen LogP contribution in [0.5, 0.6) is 0 Å². The van der Waals surface area contributed by atoms with Crippen molar-refractivity contribution in [3.05, 3.63) is 45.3 Å². The van der Waals surface area contributed by atoms with E-state index < -0.39 is 5.91 Å². The molecule has 18 heavy (non-hydrogen) atoms. The minimum Gasteiger partial charge on any atom is -0.348 e. The van der Waals surface area contributed by atoms with Gasteiger partial charge < -0.3 is 5.32 Å². The van der Waals surface area contributed by atoms with Crippen LogP contribution >= 0.6 is 11.3 Å². The van der Waals surface area contributed by atoms with Gasteiger partial charge in [-0.1, -0.05) is 6.08 Å². The van der Waals surface area contributed by atoms with E-state index >= 15 is 0 Å². The van der Waals surface area contributed by atoms with Gasteiger partial charge in [-0.05, 0) is 13.8 Å². The fraction of sp³-hybridized carbons (Fsp3) is 0.250. The molecule has 0 aliphatic carbocycles. The Morgan fingerprint density at radius 2 is 2.33 bits per heavy atom. The molecule has 2 aromatic heterocycles. The first-order chi connectivity index (χ1) is 8.56. The first kappa shape index (κ1) is 12.5. The molecule has 1 N–H and O–H groups in total. The largest absolute Gasteiger partial charge is 0.348 e. The molecule has 0 saturated carbocycles. The Balaban J connectivity index is 2.57. The summed E-state index contributed by atoms with van der Waals surface area (Å²) in [6, 6.07) is 0. The van der Waals surface area contributed by atoms with Gasteiger partial charge in [-0.3, -0.25) is 14.0 Å². The number of nitrogens with one attached hydrogen (secondary N) is 1. The van der Waals surface area contributed by atoms with Crippen LogP contribution in [0.3, 0.4) is 0 Å². The van der Waals surface area contributed by atoms with Crippen LogP contribution in [-0.4, -0.2) is 21.8 Å². The predicted molar refractivity (Wildman–Crippen MR) is 71.3 cm³/mol. The van der Waals surface area contributed by atoms with Crippen LogP contribution in [0.15, 0.2) is 23.6 Å². The molecule has 0 unspecified atom stereocenters. The molecular formula is C12H13N3O2S. The van der Waals surface area contributed by atoms with Gasteiger partial charge in [-0.25, -0.2) is 4.98 Å². The Kier molecular flexibility index (Phi) is 3.29. The van der Waals surface area contributed by atoms with Crippen molar-refractivity contribution in [3.8, 4) is 0 Å². The molecule has 0 radical (unpaired) electrons. The highest BCUT2D eigenvalue weighted by Crippen LogP contribution is 2.18. The maximum atomic E-state index is 12.2. The first-order valence-corrected chi connectivity index (χ1v) is 6.24. The van der Waals surface area contributed by atoms with Gasteiger partial charge in [0.1, 0.15) is 5.56 Å². The van der Waals surface area contributed by atoms with Gasteiger partial charge in [0.05, 0.1) is 0 Å². The highest BCUT2D eigenvalue weighted by molar-refractivity contribution is 7.17. The fourth-order valence-corrected chi connectivity index (χ4v) is 2.52. The summed E-state index contributed by atoms with van der Waals surface area (Å²) in [5, 5.41) is 2.57. The number of aromatic nitrogens is 2. The summed E-state index contributed by atoms with van der Waals surface area (Å²) in [6.45, 7) is 7.59. The molecule has 0 saturated heterocycles. The standard InChI is InChI=1S/C12H13N3O2S/c1-4-5-13-10(16)9-6-14-12-15(11(9)17)7(2)8(3)18-12/h4,6H,1,5H2,2-3H3,(H,13,16). The molecule has 5 nitrogen and oxygen atoms in total. The molecule has 2 rings (SSSR count). The first-order valence-electron chi connectivity index (χ1n) is 5.43. The summed E-state index contributed by atoms with van der Waals surface area (Å²) in [4.78, 5) is 29.8. The van der Waals surface area contributed by atoms with Crippen LogP contribution in [0.4, 0.5) is 0 Å². The molecule has 0 bridgehead atoms. The van der Waals surface area contributed by atoms with Crippen LogP contribution in [0.25, 0.3) is 4.96 Å². The number of hydrogen-bond acceptors (Lipinski definition) is 4. The lowest BCUT2D eigenvalue weighted by molar-refractivity contribution is 0.0956. The van der Waals surface area contributed by atoms with Crippen molar-refractivity contribution >= 4 is 22.2 Å². The lowest BCUT2D eigenvalue weighted by atomic mass is 10.3. The van der Waals surface area contributed by atoms with E-state index in [-0.39, 0.29) is 11.1 Å². The highest BCUT2D eigenvalue weighted by Gasteiger charge is 2.15. The van der Waals surface area contributed by atoms with Gasteiger partial charge in [-0.15, -0.1) is 17.9 Å². The third-order valence-electron chi connectivity index (χ3n) is 2.67. The maximum absolute atomic E-state index is 12.2. The topological polar surface area (TPSA) is 63.5 Å². The molecule has 0 spiro atoms. The number of nitrogens with zero attached hydrogens (tertiary/aromatic N) is 2. The highest BCUT2D eigenvalue weighted by atomic mass is 32.1. The minimum atomic E-state index is -0.426. The maximum Gasteiger partial charge on any atom is 0.271 e. The number of carbonyl (C=O) groups is 1. The Morgan fingerprint density at radius 1 is 1.61 bits per heavy atom. The number of aryl methyl sites for hydroxylation is 2. The molecule has 0 aliphatic heterocycles. The smallest absolute Gasteiger partial charge is 0.271 e. The Hall–Kier alpha value is -1.95. The second kappa shape index (κ2) is 4.73. The molecule has 2 heterocycles. The average molecular weight is 263 g/mol. The zero-order valence-corrected chi connectivity index (χ0v) is 11.0. The number of thiazole rings is 1. The third-order valence-corrected chi connectivity index (χ3v) is 3.74. The SMILES string of the molecule is C=CCNC(=O)c1cnc2sc(C)c(C)n2c1=O. The van der Waals surface area contributed by atoms with Gasteiger partial charge in [-0.2, -0.15) is 0 Å². The van der Waals surface area contributed by atoms with Gasteiger partial charge in [0.2, 0.25) is 0 Å². The van der Waals surface area contributed by atoms with Gasteiger partial charge >= 0.3 is 0 Å². The zero-order chi connectivity index (χ0) is 13.3. The predicted octanol–water partition coefficient (Wildman–Crippen LogP) is 1.29. The number of carbonyl (C=O) groups excluding carboxylic acids is 1. The Morgan fingerprint density at radius 3 is 3.00 bits per heavy atom. The molecule has 1 amide bonds. The van der Waals surface area contributed by atoms with Crippen molar-refractivity contribution in [2.45, 2.75) is 13.8 Å². The van der Waals surface area contributed by atoms with E-state index in [0.717, 1.165) is 10.6 Å². The lowest BCUT2D eigenvalue weighted by Gasteiger charge is -2.02. The summed E-state index contributed by atoms with van der Waals surface area (Å²) >= 11 is 1.44. The number of hydrogen-bond donors (Lipinski definition) is 1. The Labute approximate surface area is 108 Å². The van der Waals surface area contributed by atoms with E-state index in [1.54, 1.807) is 6.08 Å². The van der Waals surface area contributed by atoms with Gasteiger partial charge in [0.15, 0.2) is 4.96 Å². The van der Waals surface area contributed by atoms with E-state index in [4.69, 9.17) is 0 Å². The van der Waals surface area contributed by atoms with Crippen LogP contribution in [0, 0.1) is 13.8 Å². The average Bonchev–Trinajstić information content (AvgIpc) is 2.63. The van der Waals surface area contributed by atoms with Crippen molar-refractivity contribution in [2.24, 2.45) is 0 Å². The van der Waals surface area contributed by atoms with E-state index in [9.17, 15) is 9.59 Å². The van der Waals surface area contributed by atoms with Crippen LogP contribution < -0.4 is 10.9 Å². The summed E-state index contributed by atoms with van der Waals surface area (Å²) < 4.78 is 1.48. The molecule has 0 fully saturated rings. The summed E-state index contributed by atoms with van der Waals surface area (Å²) in [7, 11) is 0. The number of fused-ring (bicyclic) bond motifs is 1. The molecular weight excluding hydrogens is 250 g/mol. The minimum absolute atomic E-state index is 0.0512. The Bertz CT molecular complexity index is 684. The molecule has 0 aromatic carbocycles. The molecule has 0 aliphatic rings. The van der Waals surface area contributed by atoms with Crippen LogP contribution in [0.1, 0.15) is 20.9 Å². The van der Waals surface area contributed by atoms with E-state index in [1.807, 2.05) is 13.8 Å². The molecule has 2 aromatic rings. The van der Waals surface area contributed by atoms with E-state index in [1.165, 1.54) is 21.9 Å². The second-order valence-corrected chi connectivity index (χ2v) is 5.02. The third kappa shape index (κ3) is 1.95. The quantitative estimate of drug-likeness (QED) is 0.849. The van der Waals surface area contributed by atoms with Crippen LogP contribution in [-0.2, 0) is 0 Å². The second-order valence-electron chi connectivity index (χ2n) is 3.84. The zero-order valence-electron chi connectivity index (χ0n) is 10.2. The molecule has 6 heteroatoms. The van der Waals surface area contributed by atoms with Gasteiger partial charge in [0.25, 0.3) is 11.5 Å². The normalized spacial score (nSPS) is 10.6. The van der Waals surface area contributed by atoms with Crippen molar-refractivity contribution < 1.29 is 4.79 Å². The van der Waals surface area contributed by atoms with Crippen LogP contribution in [0.2, 0.25) is 0 Å². The van der Waals surface area contributed by atoms with Gasteiger partial charge in [0, 0.05) is 23.3 Å². The summed E-state index contributed by atoms with van der Waals surface area (Å²) in [5.41, 5.74) is 0.546. The van der Waals surface area contributed by atoms with Crippen molar-refractivity contribution in [1.29, 1.82) is 0 Å². The number of amides is 1. The number of rotatable bonds is 3. The monoisotopic (exact) mass is 263 g/mol. The van der Waals surface area contributed by atoms with Crippen molar-refractivity contribution in [3.63, 3.8) is 0 Å². The van der Waals surface area contributed by atoms with E-state index in [2.05, 4.69) is 16.9 Å². The van der Waals surface area contributed by atoms with E-state index in [0.29, 0.717) is 11.5 Å². The van der Waals surface area contributed by atoms with Crippen molar-refractivity contribution in [2.75, 3.05) is 6.54 Å². The lowest BCUT2D eigenvalue weighted by Crippen LogP contribution is -2.31. The summed E-state index contributed by atoms with van der Waals surface area (Å²) in [5.74, 6) is -0.426. The van der Waals surface area contributed by atoms with Crippen molar-refractivity contribution in [1.82, 2.24) is 14.7 Å². The molecule has 94 valence electrons. The molecule has 0 atom stereocenters. The fourth-order valence-electron chi connectivity index (χ4n) is 1.59. The summed E-state index contributed by atoms with van der Waals surface area (Å²) in [6.07, 6.45) is 2.88.